The SMILES string of the molecule is O=C(c1cn(-c2ccccc2)nn1)N1CCCN(Cc2ccccn2)CC1. The second-order valence-electron chi connectivity index (χ2n) is 6.63. The van der Waals surface area contributed by atoms with Crippen molar-refractivity contribution in [3.63, 3.8) is 0 Å². The van der Waals surface area contributed by atoms with Crippen LogP contribution in [0.2, 0.25) is 0 Å². The highest BCUT2D eigenvalue weighted by Gasteiger charge is 2.22. The number of carbonyl (C=O) groups excluding carboxylic acids is 1. The van der Waals surface area contributed by atoms with Crippen LogP contribution in [-0.4, -0.2) is 61.9 Å². The Morgan fingerprint density at radius 2 is 1.81 bits per heavy atom. The fourth-order valence-electron chi connectivity index (χ4n) is 3.28. The zero-order chi connectivity index (χ0) is 18.5. The van der Waals surface area contributed by atoms with Gasteiger partial charge in [0.2, 0.25) is 0 Å². The first-order valence-electron chi connectivity index (χ1n) is 9.19. The molecule has 3 aromatic rings. The van der Waals surface area contributed by atoms with E-state index in [1.165, 1.54) is 0 Å². The van der Waals surface area contributed by atoms with Crippen LogP contribution in [0.5, 0.6) is 0 Å². The Hall–Kier alpha value is -3.06. The van der Waals surface area contributed by atoms with Gasteiger partial charge in [-0.15, -0.1) is 5.10 Å². The van der Waals surface area contributed by atoms with Gasteiger partial charge in [-0.2, -0.15) is 0 Å². The molecule has 0 spiro atoms. The molecule has 1 amide bonds. The Bertz CT molecular complexity index is 880. The summed E-state index contributed by atoms with van der Waals surface area (Å²) in [7, 11) is 0. The fourth-order valence-corrected chi connectivity index (χ4v) is 3.28. The molecule has 1 aliphatic rings. The molecule has 0 unspecified atom stereocenters. The van der Waals surface area contributed by atoms with E-state index in [9.17, 15) is 4.79 Å². The maximum absolute atomic E-state index is 12.8. The van der Waals surface area contributed by atoms with Crippen molar-refractivity contribution in [2.45, 2.75) is 13.0 Å². The minimum Gasteiger partial charge on any atom is -0.336 e. The molecule has 0 saturated carbocycles. The van der Waals surface area contributed by atoms with E-state index in [1.807, 2.05) is 59.6 Å². The van der Waals surface area contributed by atoms with Crippen molar-refractivity contribution in [1.82, 2.24) is 29.8 Å². The maximum atomic E-state index is 12.8. The van der Waals surface area contributed by atoms with E-state index < -0.39 is 0 Å². The highest BCUT2D eigenvalue weighted by molar-refractivity contribution is 5.92. The largest absolute Gasteiger partial charge is 0.336 e. The minimum absolute atomic E-state index is 0.0585. The van der Waals surface area contributed by atoms with E-state index in [0.717, 1.165) is 44.0 Å². The lowest BCUT2D eigenvalue weighted by Crippen LogP contribution is -2.35. The van der Waals surface area contributed by atoms with Gasteiger partial charge in [0.05, 0.1) is 17.6 Å². The number of rotatable bonds is 4. The first-order chi connectivity index (χ1) is 13.3. The molecule has 7 heteroatoms. The second-order valence-corrected chi connectivity index (χ2v) is 6.63. The molecule has 0 N–H and O–H groups in total. The molecular formula is C20H22N6O. The Balaban J connectivity index is 1.39. The minimum atomic E-state index is -0.0585. The molecule has 1 aliphatic heterocycles. The third-order valence-corrected chi connectivity index (χ3v) is 4.72. The number of nitrogens with zero attached hydrogens (tertiary/aromatic N) is 6. The Morgan fingerprint density at radius 1 is 0.963 bits per heavy atom. The van der Waals surface area contributed by atoms with Crippen molar-refractivity contribution in [3.05, 3.63) is 72.3 Å². The second kappa shape index (κ2) is 8.09. The van der Waals surface area contributed by atoms with Crippen LogP contribution in [0.1, 0.15) is 22.6 Å². The standard InChI is InChI=1S/C20H22N6O/c27-20(19-16-26(23-22-19)18-8-2-1-3-9-18)25-12-6-11-24(13-14-25)15-17-7-4-5-10-21-17/h1-5,7-10,16H,6,11-15H2. The number of aromatic nitrogens is 4. The lowest BCUT2D eigenvalue weighted by Gasteiger charge is -2.21. The third-order valence-electron chi connectivity index (χ3n) is 4.72. The molecule has 3 heterocycles. The number of benzene rings is 1. The Kier molecular flexibility index (Phi) is 5.20. The molecular weight excluding hydrogens is 340 g/mol. The number of carbonyl (C=O) groups is 1. The average molecular weight is 362 g/mol. The molecule has 138 valence electrons. The first kappa shape index (κ1) is 17.4. The van der Waals surface area contributed by atoms with Crippen molar-refractivity contribution >= 4 is 5.91 Å². The van der Waals surface area contributed by atoms with E-state index in [0.29, 0.717) is 12.2 Å². The van der Waals surface area contributed by atoms with E-state index >= 15 is 0 Å². The highest BCUT2D eigenvalue weighted by atomic mass is 16.2. The van der Waals surface area contributed by atoms with Crippen LogP contribution < -0.4 is 0 Å². The molecule has 2 aromatic heterocycles. The summed E-state index contributed by atoms with van der Waals surface area (Å²) >= 11 is 0. The van der Waals surface area contributed by atoms with Crippen molar-refractivity contribution in [3.8, 4) is 5.69 Å². The Labute approximate surface area is 158 Å². The van der Waals surface area contributed by atoms with Gasteiger partial charge in [-0.05, 0) is 30.7 Å². The summed E-state index contributed by atoms with van der Waals surface area (Å²) < 4.78 is 1.64. The van der Waals surface area contributed by atoms with Gasteiger partial charge < -0.3 is 4.90 Å². The molecule has 7 nitrogen and oxygen atoms in total. The van der Waals surface area contributed by atoms with Gasteiger partial charge in [0.25, 0.3) is 5.91 Å². The van der Waals surface area contributed by atoms with Crippen LogP contribution in [0.25, 0.3) is 5.69 Å². The monoisotopic (exact) mass is 362 g/mol. The van der Waals surface area contributed by atoms with Gasteiger partial charge in [0.15, 0.2) is 5.69 Å². The van der Waals surface area contributed by atoms with Gasteiger partial charge in [0.1, 0.15) is 0 Å². The quantitative estimate of drug-likeness (QED) is 0.710. The van der Waals surface area contributed by atoms with Crippen LogP contribution in [0.15, 0.2) is 60.9 Å². The van der Waals surface area contributed by atoms with Crippen LogP contribution in [0.3, 0.4) is 0 Å². The van der Waals surface area contributed by atoms with Gasteiger partial charge in [-0.25, -0.2) is 4.68 Å². The molecule has 0 atom stereocenters. The van der Waals surface area contributed by atoms with Crippen LogP contribution in [0, 0.1) is 0 Å². The summed E-state index contributed by atoms with van der Waals surface area (Å²) in [4.78, 5) is 21.5. The summed E-state index contributed by atoms with van der Waals surface area (Å²) in [5.74, 6) is -0.0585. The number of amides is 1. The lowest BCUT2D eigenvalue weighted by atomic mass is 10.3. The van der Waals surface area contributed by atoms with Crippen LogP contribution >= 0.6 is 0 Å². The smallest absolute Gasteiger partial charge is 0.276 e. The Morgan fingerprint density at radius 3 is 2.63 bits per heavy atom. The molecule has 0 radical (unpaired) electrons. The zero-order valence-corrected chi connectivity index (χ0v) is 15.1. The van der Waals surface area contributed by atoms with Gasteiger partial charge in [-0.1, -0.05) is 29.5 Å². The average Bonchev–Trinajstić information content (AvgIpc) is 3.10. The van der Waals surface area contributed by atoms with Crippen molar-refractivity contribution in [2.24, 2.45) is 0 Å². The van der Waals surface area contributed by atoms with Gasteiger partial charge in [0, 0.05) is 38.9 Å². The summed E-state index contributed by atoms with van der Waals surface area (Å²) in [6.45, 7) is 4.01. The molecule has 0 bridgehead atoms. The maximum Gasteiger partial charge on any atom is 0.276 e. The topological polar surface area (TPSA) is 67.2 Å². The molecule has 4 rings (SSSR count). The highest BCUT2D eigenvalue weighted by Crippen LogP contribution is 2.11. The predicted molar refractivity (Wildman–Crippen MR) is 101 cm³/mol. The number of pyridine rings is 1. The summed E-state index contributed by atoms with van der Waals surface area (Å²) in [6.07, 6.45) is 4.46. The summed E-state index contributed by atoms with van der Waals surface area (Å²) in [5, 5.41) is 8.18. The predicted octanol–water partition coefficient (Wildman–Crippen LogP) is 2.01. The number of para-hydroxylation sites is 1. The molecule has 1 saturated heterocycles. The van der Waals surface area contributed by atoms with Crippen LogP contribution in [0.4, 0.5) is 0 Å². The first-order valence-corrected chi connectivity index (χ1v) is 9.19. The summed E-state index contributed by atoms with van der Waals surface area (Å²) in [5.41, 5.74) is 2.33. The molecule has 27 heavy (non-hydrogen) atoms. The van der Waals surface area contributed by atoms with E-state index in [-0.39, 0.29) is 5.91 Å². The normalized spacial score (nSPS) is 15.5. The fraction of sp³-hybridized carbons (Fsp3) is 0.300. The van der Waals surface area contributed by atoms with Crippen molar-refractivity contribution < 1.29 is 4.79 Å². The molecule has 0 aliphatic carbocycles. The lowest BCUT2D eigenvalue weighted by molar-refractivity contribution is 0.0755. The third kappa shape index (κ3) is 4.20. The van der Waals surface area contributed by atoms with Gasteiger partial charge >= 0.3 is 0 Å². The van der Waals surface area contributed by atoms with Gasteiger partial charge in [-0.3, -0.25) is 14.7 Å². The summed E-state index contributed by atoms with van der Waals surface area (Å²) in [6, 6.07) is 15.7. The number of hydrogen-bond acceptors (Lipinski definition) is 5. The van der Waals surface area contributed by atoms with E-state index in [2.05, 4.69) is 20.2 Å². The van der Waals surface area contributed by atoms with Crippen LogP contribution in [-0.2, 0) is 6.54 Å². The zero-order valence-electron chi connectivity index (χ0n) is 15.1. The number of hydrogen-bond donors (Lipinski definition) is 0. The van der Waals surface area contributed by atoms with E-state index in [1.54, 1.807) is 10.9 Å². The van der Waals surface area contributed by atoms with E-state index in [4.69, 9.17) is 0 Å². The molecule has 1 fully saturated rings. The van der Waals surface area contributed by atoms with Crippen molar-refractivity contribution in [2.75, 3.05) is 26.2 Å². The van der Waals surface area contributed by atoms with Crippen molar-refractivity contribution in [1.29, 1.82) is 0 Å². The molecule has 1 aromatic carbocycles.